The van der Waals surface area contributed by atoms with Gasteiger partial charge >= 0.3 is 0 Å². The molecule has 0 radical (unpaired) electrons. The van der Waals surface area contributed by atoms with Gasteiger partial charge in [-0.15, -0.1) is 10.2 Å². The number of rotatable bonds is 9. The largest absolute Gasteiger partial charge is 0.507 e. The lowest BCUT2D eigenvalue weighted by molar-refractivity contribution is 0.0977. The van der Waals surface area contributed by atoms with Crippen molar-refractivity contribution in [3.8, 4) is 11.8 Å². The molecule has 0 atom stereocenters. The Hall–Kier alpha value is -4.62. The number of nitriles is 1. The molecular formula is C27H26N6O4. The third-order valence-corrected chi connectivity index (χ3v) is 5.95. The number of carbonyl (C=O) groups excluding carboxylic acids is 2. The van der Waals surface area contributed by atoms with Gasteiger partial charge in [0.2, 0.25) is 0 Å². The van der Waals surface area contributed by atoms with Crippen LogP contribution in [0.25, 0.3) is 0 Å². The van der Waals surface area contributed by atoms with E-state index in [-0.39, 0.29) is 39.5 Å². The molecule has 1 aromatic heterocycles. The van der Waals surface area contributed by atoms with E-state index in [4.69, 9.17) is 4.74 Å². The molecule has 3 aromatic rings. The summed E-state index contributed by atoms with van der Waals surface area (Å²) in [5.41, 5.74) is 1.71. The summed E-state index contributed by atoms with van der Waals surface area (Å²) in [6, 6.07) is 11.3. The normalized spacial score (nSPS) is 12.3. The number of methoxy groups -OCH3 is 1. The molecule has 0 fully saturated rings. The molecule has 1 heterocycles. The molecule has 37 heavy (non-hydrogen) atoms. The van der Waals surface area contributed by atoms with E-state index in [0.717, 1.165) is 6.42 Å². The number of phenolic OH excluding ortho intramolecular Hbond substituents is 1. The predicted molar refractivity (Wildman–Crippen MR) is 138 cm³/mol. The fourth-order valence-electron chi connectivity index (χ4n) is 4.11. The molecule has 0 spiro atoms. The number of nitrogens with zero attached hydrogens (tertiary/aromatic N) is 4. The maximum Gasteiger partial charge on any atom is 0.200 e. The Labute approximate surface area is 214 Å². The van der Waals surface area contributed by atoms with Crippen LogP contribution >= 0.6 is 0 Å². The van der Waals surface area contributed by atoms with E-state index in [1.165, 1.54) is 18.2 Å². The van der Waals surface area contributed by atoms with Crippen LogP contribution in [0.3, 0.4) is 0 Å². The minimum Gasteiger partial charge on any atom is -0.507 e. The van der Waals surface area contributed by atoms with Crippen molar-refractivity contribution in [2.24, 2.45) is 10.2 Å². The van der Waals surface area contributed by atoms with E-state index in [9.17, 15) is 20.0 Å². The second-order valence-electron chi connectivity index (χ2n) is 8.37. The monoisotopic (exact) mass is 498 g/mol. The Morgan fingerprint density at radius 2 is 1.70 bits per heavy atom. The number of phenols is 1. The van der Waals surface area contributed by atoms with E-state index >= 15 is 0 Å². The van der Waals surface area contributed by atoms with Crippen LogP contribution < -0.4 is 10.6 Å². The number of fused-ring (bicyclic) bond motifs is 2. The SMILES string of the molecule is CCCNc1nc(NCCOC)c(N=Nc2cccc3c2C(=O)c2c(O)cccc2C3=O)c(C)c1C#N. The van der Waals surface area contributed by atoms with Crippen LogP contribution in [0, 0.1) is 18.3 Å². The van der Waals surface area contributed by atoms with E-state index < -0.39 is 5.78 Å². The van der Waals surface area contributed by atoms with Gasteiger partial charge in [-0.2, -0.15) is 5.26 Å². The average molecular weight is 499 g/mol. The number of ether oxygens (including phenoxy) is 1. The van der Waals surface area contributed by atoms with E-state index in [1.807, 2.05) is 6.92 Å². The molecule has 10 nitrogen and oxygen atoms in total. The van der Waals surface area contributed by atoms with Gasteiger partial charge in [0.1, 0.15) is 23.3 Å². The minimum atomic E-state index is -0.512. The molecule has 2 aromatic carbocycles. The molecule has 188 valence electrons. The van der Waals surface area contributed by atoms with Crippen LogP contribution in [0.2, 0.25) is 0 Å². The number of carbonyl (C=O) groups is 2. The lowest BCUT2D eigenvalue weighted by atomic mass is 9.83. The summed E-state index contributed by atoms with van der Waals surface area (Å²) >= 11 is 0. The first-order valence-corrected chi connectivity index (χ1v) is 11.8. The molecule has 0 bridgehead atoms. The number of benzene rings is 2. The van der Waals surface area contributed by atoms with Crippen molar-refractivity contribution in [1.82, 2.24) is 4.98 Å². The smallest absolute Gasteiger partial charge is 0.200 e. The zero-order valence-electron chi connectivity index (χ0n) is 20.8. The number of hydrogen-bond acceptors (Lipinski definition) is 10. The molecule has 0 amide bonds. The number of nitrogens with one attached hydrogen (secondary N) is 2. The van der Waals surface area contributed by atoms with Crippen molar-refractivity contribution in [3.63, 3.8) is 0 Å². The maximum atomic E-state index is 13.4. The van der Waals surface area contributed by atoms with Crippen LogP contribution in [-0.4, -0.2) is 48.5 Å². The van der Waals surface area contributed by atoms with Crippen LogP contribution in [-0.2, 0) is 4.74 Å². The Morgan fingerprint density at radius 1 is 1.00 bits per heavy atom. The highest BCUT2D eigenvalue weighted by Gasteiger charge is 2.33. The summed E-state index contributed by atoms with van der Waals surface area (Å²) < 4.78 is 5.12. The number of aromatic nitrogens is 1. The molecule has 0 unspecified atom stereocenters. The molecule has 0 aliphatic heterocycles. The first-order valence-electron chi connectivity index (χ1n) is 11.8. The molecule has 0 saturated carbocycles. The quantitative estimate of drug-likeness (QED) is 0.215. The summed E-state index contributed by atoms with van der Waals surface area (Å²) in [7, 11) is 1.58. The number of aromatic hydroxyl groups is 1. The summed E-state index contributed by atoms with van der Waals surface area (Å²) in [6.07, 6.45) is 0.851. The second kappa shape index (κ2) is 11.0. The fraction of sp³-hybridized carbons (Fsp3) is 0.259. The van der Waals surface area contributed by atoms with Crippen LogP contribution in [0.15, 0.2) is 46.6 Å². The number of pyridine rings is 1. The van der Waals surface area contributed by atoms with Gasteiger partial charge < -0.3 is 20.5 Å². The van der Waals surface area contributed by atoms with Gasteiger partial charge in [0.15, 0.2) is 17.4 Å². The molecule has 0 saturated heterocycles. The fourth-order valence-corrected chi connectivity index (χ4v) is 4.11. The summed E-state index contributed by atoms with van der Waals surface area (Å²) in [4.78, 5) is 31.0. The number of hydrogen-bond donors (Lipinski definition) is 3. The molecule has 10 heteroatoms. The molecule has 4 rings (SSSR count). The third kappa shape index (κ3) is 4.77. The van der Waals surface area contributed by atoms with Crippen LogP contribution in [0.5, 0.6) is 5.75 Å². The van der Waals surface area contributed by atoms with Gasteiger partial charge in [0.25, 0.3) is 0 Å². The van der Waals surface area contributed by atoms with Gasteiger partial charge in [-0.3, -0.25) is 9.59 Å². The van der Waals surface area contributed by atoms with Crippen molar-refractivity contribution in [2.45, 2.75) is 20.3 Å². The Bertz CT molecular complexity index is 1460. The Balaban J connectivity index is 1.82. The predicted octanol–water partition coefficient (Wildman–Crippen LogP) is 5.04. The number of ketones is 2. The van der Waals surface area contributed by atoms with E-state index in [1.54, 1.807) is 32.2 Å². The van der Waals surface area contributed by atoms with Gasteiger partial charge in [-0.1, -0.05) is 31.2 Å². The third-order valence-electron chi connectivity index (χ3n) is 5.95. The maximum absolute atomic E-state index is 13.4. The zero-order chi connectivity index (χ0) is 26.5. The number of anilines is 2. The van der Waals surface area contributed by atoms with Gasteiger partial charge in [0.05, 0.1) is 29.0 Å². The lowest BCUT2D eigenvalue weighted by Gasteiger charge is -2.19. The topological polar surface area (TPSA) is 149 Å². The first kappa shape index (κ1) is 25.5. The van der Waals surface area contributed by atoms with Crippen molar-refractivity contribution in [3.05, 3.63) is 69.8 Å². The molecule has 3 N–H and O–H groups in total. The Kier molecular flexibility index (Phi) is 7.55. The minimum absolute atomic E-state index is 0.0551. The van der Waals surface area contributed by atoms with E-state index in [2.05, 4.69) is 31.9 Å². The highest BCUT2D eigenvalue weighted by atomic mass is 16.5. The van der Waals surface area contributed by atoms with Crippen molar-refractivity contribution >= 4 is 34.6 Å². The highest BCUT2D eigenvalue weighted by Crippen LogP contribution is 2.39. The van der Waals surface area contributed by atoms with Crippen LogP contribution in [0.4, 0.5) is 23.0 Å². The second-order valence-corrected chi connectivity index (χ2v) is 8.37. The summed E-state index contributed by atoms with van der Waals surface area (Å²) in [5.74, 6) is -0.332. The molecule has 1 aliphatic rings. The average Bonchev–Trinajstić information content (AvgIpc) is 2.90. The van der Waals surface area contributed by atoms with Gasteiger partial charge in [0, 0.05) is 36.9 Å². The van der Waals surface area contributed by atoms with Gasteiger partial charge in [-0.25, -0.2) is 4.98 Å². The molecular weight excluding hydrogens is 472 g/mol. The standard InChI is InChI=1S/C27H26N6O4/c1-4-11-29-26-18(14-28)15(2)23(27(31-26)30-12-13-37-3)33-32-19-9-5-7-16-21(19)25(36)22-17(24(16)35)8-6-10-20(22)34/h5-10,34H,4,11-13H2,1-3H3,(H2,29,30,31). The number of azo groups is 1. The Morgan fingerprint density at radius 3 is 2.41 bits per heavy atom. The van der Waals surface area contributed by atoms with Crippen molar-refractivity contribution < 1.29 is 19.4 Å². The molecule has 1 aliphatic carbocycles. The highest BCUT2D eigenvalue weighted by molar-refractivity contribution is 6.30. The van der Waals surface area contributed by atoms with E-state index in [0.29, 0.717) is 48.1 Å². The summed E-state index contributed by atoms with van der Waals surface area (Å²) in [6.45, 7) is 5.25. The van der Waals surface area contributed by atoms with Gasteiger partial charge in [-0.05, 0) is 25.5 Å². The lowest BCUT2D eigenvalue weighted by Crippen LogP contribution is -2.21. The summed E-state index contributed by atoms with van der Waals surface area (Å²) in [5, 5.41) is 35.1. The first-order chi connectivity index (χ1) is 17.9. The van der Waals surface area contributed by atoms with Crippen molar-refractivity contribution in [2.75, 3.05) is 37.4 Å². The zero-order valence-corrected chi connectivity index (χ0v) is 20.8. The van der Waals surface area contributed by atoms with Crippen molar-refractivity contribution in [1.29, 1.82) is 5.26 Å². The van der Waals surface area contributed by atoms with Crippen LogP contribution in [0.1, 0.15) is 56.3 Å².